The van der Waals surface area contributed by atoms with Crippen LogP contribution < -0.4 is 10.6 Å². The van der Waals surface area contributed by atoms with E-state index in [0.717, 1.165) is 41.1 Å². The van der Waals surface area contributed by atoms with E-state index in [0.29, 0.717) is 11.7 Å². The zero-order valence-corrected chi connectivity index (χ0v) is 14.6. The normalized spacial score (nSPS) is 14.8. The largest absolute Gasteiger partial charge is 0.351 e. The fourth-order valence-electron chi connectivity index (χ4n) is 2.66. The minimum Gasteiger partial charge on any atom is -0.351 e. The minimum absolute atomic E-state index is 0.0366. The highest BCUT2D eigenvalue weighted by Crippen LogP contribution is 2.32. The Morgan fingerprint density at radius 3 is 2.83 bits per heavy atom. The van der Waals surface area contributed by atoms with Crippen molar-refractivity contribution >= 4 is 39.6 Å². The van der Waals surface area contributed by atoms with Gasteiger partial charge in [-0.2, -0.15) is 0 Å². The highest BCUT2D eigenvalue weighted by atomic mass is 32.1. The van der Waals surface area contributed by atoms with Gasteiger partial charge in [0.15, 0.2) is 5.13 Å². The van der Waals surface area contributed by atoms with Gasteiger partial charge < -0.3 is 10.6 Å². The molecule has 0 bridgehead atoms. The van der Waals surface area contributed by atoms with Crippen LogP contribution in [0.15, 0.2) is 17.5 Å². The fourth-order valence-corrected chi connectivity index (χ4v) is 4.36. The van der Waals surface area contributed by atoms with E-state index < -0.39 is 0 Å². The first-order valence-corrected chi connectivity index (χ1v) is 9.41. The number of thiophene rings is 1. The van der Waals surface area contributed by atoms with E-state index in [2.05, 4.69) is 15.6 Å². The molecule has 0 atom stereocenters. The summed E-state index contributed by atoms with van der Waals surface area (Å²) in [6, 6.07) is 3.99. The van der Waals surface area contributed by atoms with Crippen molar-refractivity contribution in [2.75, 3.05) is 5.32 Å². The molecule has 0 radical (unpaired) electrons. The molecule has 2 heterocycles. The molecule has 1 saturated carbocycles. The standard InChI is InChI=1S/C16H19N3O2S2/c1-10(20)17-8-12-6-7-14(23-12)13-9-22-16(18-13)19-15(21)11-4-2-3-5-11/h6-7,9,11H,2-5,8H2,1H3,(H,17,20)(H,18,19,21). The predicted octanol–water partition coefficient (Wildman–Crippen LogP) is 3.64. The first-order chi connectivity index (χ1) is 11.1. The van der Waals surface area contributed by atoms with Crippen molar-refractivity contribution in [3.63, 3.8) is 0 Å². The van der Waals surface area contributed by atoms with Gasteiger partial charge in [-0.3, -0.25) is 9.59 Å². The van der Waals surface area contributed by atoms with E-state index in [1.165, 1.54) is 18.3 Å². The van der Waals surface area contributed by atoms with Gasteiger partial charge in [-0.1, -0.05) is 12.8 Å². The molecule has 3 rings (SSSR count). The summed E-state index contributed by atoms with van der Waals surface area (Å²) >= 11 is 3.06. The smallest absolute Gasteiger partial charge is 0.229 e. The molecule has 122 valence electrons. The monoisotopic (exact) mass is 349 g/mol. The van der Waals surface area contributed by atoms with Gasteiger partial charge in [-0.25, -0.2) is 4.98 Å². The predicted molar refractivity (Wildman–Crippen MR) is 93.5 cm³/mol. The lowest BCUT2D eigenvalue weighted by Crippen LogP contribution is -2.20. The zero-order chi connectivity index (χ0) is 16.2. The Kier molecular flexibility index (Phi) is 5.07. The number of carbonyl (C=O) groups is 2. The molecular weight excluding hydrogens is 330 g/mol. The van der Waals surface area contributed by atoms with Crippen LogP contribution in [-0.4, -0.2) is 16.8 Å². The summed E-state index contributed by atoms with van der Waals surface area (Å²) in [7, 11) is 0. The Labute approximate surface area is 143 Å². The zero-order valence-electron chi connectivity index (χ0n) is 12.9. The number of thiazole rings is 1. The molecule has 1 fully saturated rings. The summed E-state index contributed by atoms with van der Waals surface area (Å²) < 4.78 is 0. The summed E-state index contributed by atoms with van der Waals surface area (Å²) in [5, 5.41) is 8.34. The van der Waals surface area contributed by atoms with Gasteiger partial charge in [0.1, 0.15) is 0 Å². The van der Waals surface area contributed by atoms with Crippen LogP contribution in [0.3, 0.4) is 0 Å². The van der Waals surface area contributed by atoms with Crippen LogP contribution in [0.4, 0.5) is 5.13 Å². The first-order valence-electron chi connectivity index (χ1n) is 7.72. The van der Waals surface area contributed by atoms with Gasteiger partial charge in [0.2, 0.25) is 11.8 Å². The van der Waals surface area contributed by atoms with Crippen molar-refractivity contribution in [2.24, 2.45) is 5.92 Å². The third kappa shape index (κ3) is 4.17. The lowest BCUT2D eigenvalue weighted by molar-refractivity contribution is -0.120. The number of hydrogen-bond donors (Lipinski definition) is 2. The van der Waals surface area contributed by atoms with Gasteiger partial charge in [0.25, 0.3) is 0 Å². The van der Waals surface area contributed by atoms with E-state index in [9.17, 15) is 9.59 Å². The van der Waals surface area contributed by atoms with Crippen molar-refractivity contribution in [3.8, 4) is 10.6 Å². The molecule has 2 aromatic rings. The molecule has 7 heteroatoms. The molecule has 2 amide bonds. The number of hydrogen-bond acceptors (Lipinski definition) is 5. The van der Waals surface area contributed by atoms with Crippen molar-refractivity contribution < 1.29 is 9.59 Å². The van der Waals surface area contributed by atoms with Crippen LogP contribution in [0, 0.1) is 5.92 Å². The molecule has 0 aliphatic heterocycles. The van der Waals surface area contributed by atoms with Crippen LogP contribution in [0.25, 0.3) is 10.6 Å². The Morgan fingerprint density at radius 2 is 2.09 bits per heavy atom. The highest BCUT2D eigenvalue weighted by molar-refractivity contribution is 7.17. The lowest BCUT2D eigenvalue weighted by atomic mass is 10.1. The van der Waals surface area contributed by atoms with Gasteiger partial charge in [-0.05, 0) is 25.0 Å². The van der Waals surface area contributed by atoms with Crippen molar-refractivity contribution in [2.45, 2.75) is 39.2 Å². The second-order valence-electron chi connectivity index (χ2n) is 5.68. The van der Waals surface area contributed by atoms with Crippen LogP contribution >= 0.6 is 22.7 Å². The number of carbonyl (C=O) groups excluding carboxylic acids is 2. The molecule has 0 spiro atoms. The maximum absolute atomic E-state index is 12.1. The highest BCUT2D eigenvalue weighted by Gasteiger charge is 2.23. The molecule has 5 nitrogen and oxygen atoms in total. The summed E-state index contributed by atoms with van der Waals surface area (Å²) in [5.74, 6) is 0.208. The van der Waals surface area contributed by atoms with Crippen molar-refractivity contribution in [3.05, 3.63) is 22.4 Å². The maximum atomic E-state index is 12.1. The van der Waals surface area contributed by atoms with E-state index in [-0.39, 0.29) is 17.7 Å². The Balaban J connectivity index is 1.62. The third-order valence-corrected chi connectivity index (χ3v) is 5.75. The molecule has 2 N–H and O–H groups in total. The van der Waals surface area contributed by atoms with Crippen LogP contribution in [-0.2, 0) is 16.1 Å². The Morgan fingerprint density at radius 1 is 1.30 bits per heavy atom. The average Bonchev–Trinajstić information content (AvgIpc) is 3.25. The maximum Gasteiger partial charge on any atom is 0.229 e. The van der Waals surface area contributed by atoms with Gasteiger partial charge in [0.05, 0.1) is 17.1 Å². The number of amides is 2. The quantitative estimate of drug-likeness (QED) is 0.866. The SMILES string of the molecule is CC(=O)NCc1ccc(-c2csc(NC(=O)C3CCCC3)n2)s1. The van der Waals surface area contributed by atoms with Crippen molar-refractivity contribution in [1.29, 1.82) is 0 Å². The van der Waals surface area contributed by atoms with E-state index in [4.69, 9.17) is 0 Å². The Hall–Kier alpha value is -1.73. The molecule has 1 aliphatic rings. The number of nitrogens with one attached hydrogen (secondary N) is 2. The molecular formula is C16H19N3O2S2. The first kappa shape index (κ1) is 16.1. The average molecular weight is 349 g/mol. The van der Waals surface area contributed by atoms with Crippen LogP contribution in [0.2, 0.25) is 0 Å². The Bertz CT molecular complexity index is 702. The minimum atomic E-state index is -0.0366. The van der Waals surface area contributed by atoms with Gasteiger partial charge in [0, 0.05) is 23.1 Å². The van der Waals surface area contributed by atoms with E-state index in [1.54, 1.807) is 11.3 Å². The van der Waals surface area contributed by atoms with Crippen LogP contribution in [0.5, 0.6) is 0 Å². The van der Waals surface area contributed by atoms with E-state index >= 15 is 0 Å². The lowest BCUT2D eigenvalue weighted by Gasteiger charge is -2.07. The van der Waals surface area contributed by atoms with Crippen molar-refractivity contribution in [1.82, 2.24) is 10.3 Å². The van der Waals surface area contributed by atoms with Gasteiger partial charge in [-0.15, -0.1) is 22.7 Å². The summed E-state index contributed by atoms with van der Waals surface area (Å²) in [6.07, 6.45) is 4.27. The molecule has 1 aliphatic carbocycles. The second kappa shape index (κ2) is 7.23. The number of nitrogens with zero attached hydrogens (tertiary/aromatic N) is 1. The molecule has 0 unspecified atom stereocenters. The molecule has 2 aromatic heterocycles. The molecule has 23 heavy (non-hydrogen) atoms. The van der Waals surface area contributed by atoms with Crippen LogP contribution in [0.1, 0.15) is 37.5 Å². The molecule has 0 aromatic carbocycles. The fraction of sp³-hybridized carbons (Fsp3) is 0.438. The summed E-state index contributed by atoms with van der Waals surface area (Å²) in [5.41, 5.74) is 0.871. The molecule has 0 saturated heterocycles. The number of aromatic nitrogens is 1. The second-order valence-corrected chi connectivity index (χ2v) is 7.71. The third-order valence-electron chi connectivity index (χ3n) is 3.89. The summed E-state index contributed by atoms with van der Waals surface area (Å²) in [4.78, 5) is 29.7. The number of rotatable bonds is 5. The topological polar surface area (TPSA) is 71.1 Å². The van der Waals surface area contributed by atoms with Gasteiger partial charge >= 0.3 is 0 Å². The summed E-state index contributed by atoms with van der Waals surface area (Å²) in [6.45, 7) is 2.05. The van der Waals surface area contributed by atoms with E-state index in [1.807, 2.05) is 17.5 Å². The number of anilines is 1.